The van der Waals surface area contributed by atoms with Crippen LogP contribution in [0.4, 0.5) is 0 Å². The molecule has 0 atom stereocenters. The molecule has 3 heteroatoms. The normalized spacial score (nSPS) is 10.3. The van der Waals surface area contributed by atoms with E-state index < -0.39 is 0 Å². The Kier molecular flexibility index (Phi) is 5.02. The monoisotopic (exact) mass is 271 g/mol. The third-order valence-corrected chi connectivity index (χ3v) is 3.28. The first kappa shape index (κ1) is 14.4. The molecule has 0 unspecified atom stereocenters. The molecular formula is C17H21NO2. The van der Waals surface area contributed by atoms with Crippen LogP contribution in [0.5, 0.6) is 11.5 Å². The molecule has 0 bridgehead atoms. The molecule has 2 aromatic rings. The minimum Gasteiger partial charge on any atom is -0.497 e. The molecule has 0 spiro atoms. The van der Waals surface area contributed by atoms with Gasteiger partial charge >= 0.3 is 0 Å². The van der Waals surface area contributed by atoms with Gasteiger partial charge in [0.05, 0.1) is 14.2 Å². The Bertz CT molecular complexity index is 549. The third-order valence-electron chi connectivity index (χ3n) is 3.28. The van der Waals surface area contributed by atoms with E-state index in [0.717, 1.165) is 30.2 Å². The molecule has 2 rings (SSSR count). The minimum atomic E-state index is 0.842. The average Bonchev–Trinajstić information content (AvgIpc) is 2.48. The molecule has 1 N–H and O–H groups in total. The van der Waals surface area contributed by atoms with Gasteiger partial charge in [-0.2, -0.15) is 0 Å². The van der Waals surface area contributed by atoms with Crippen molar-refractivity contribution in [1.82, 2.24) is 5.32 Å². The maximum atomic E-state index is 5.26. The highest BCUT2D eigenvalue weighted by Crippen LogP contribution is 2.18. The number of methoxy groups -OCH3 is 2. The molecule has 20 heavy (non-hydrogen) atoms. The lowest BCUT2D eigenvalue weighted by Crippen LogP contribution is -2.12. The molecule has 0 aliphatic rings. The first-order valence-corrected chi connectivity index (χ1v) is 6.70. The molecule has 0 fully saturated rings. The molecule has 3 nitrogen and oxygen atoms in total. The highest BCUT2D eigenvalue weighted by molar-refractivity contribution is 5.36. The Morgan fingerprint density at radius 3 is 2.10 bits per heavy atom. The number of hydrogen-bond acceptors (Lipinski definition) is 3. The van der Waals surface area contributed by atoms with Crippen LogP contribution in [0.3, 0.4) is 0 Å². The van der Waals surface area contributed by atoms with Crippen LogP contribution in [0.2, 0.25) is 0 Å². The topological polar surface area (TPSA) is 30.5 Å². The van der Waals surface area contributed by atoms with Gasteiger partial charge in [-0.05, 0) is 41.8 Å². The number of hydrogen-bond donors (Lipinski definition) is 1. The summed E-state index contributed by atoms with van der Waals surface area (Å²) in [5.41, 5.74) is 3.67. The zero-order valence-electron chi connectivity index (χ0n) is 12.3. The van der Waals surface area contributed by atoms with Gasteiger partial charge in [0.2, 0.25) is 0 Å². The predicted octanol–water partition coefficient (Wildman–Crippen LogP) is 3.30. The van der Waals surface area contributed by atoms with E-state index in [2.05, 4.69) is 36.5 Å². The van der Waals surface area contributed by atoms with Gasteiger partial charge in [0.25, 0.3) is 0 Å². The predicted molar refractivity (Wildman–Crippen MR) is 81.3 cm³/mol. The Balaban J connectivity index is 1.87. The second-order valence-corrected chi connectivity index (χ2v) is 4.76. The van der Waals surface area contributed by atoms with Gasteiger partial charge in [0, 0.05) is 13.1 Å². The van der Waals surface area contributed by atoms with Gasteiger partial charge in [-0.15, -0.1) is 0 Å². The van der Waals surface area contributed by atoms with E-state index in [1.165, 1.54) is 11.1 Å². The van der Waals surface area contributed by atoms with Gasteiger partial charge in [-0.3, -0.25) is 0 Å². The number of nitrogens with one attached hydrogen (secondary N) is 1. The molecule has 0 aliphatic heterocycles. The molecular weight excluding hydrogens is 250 g/mol. The Labute approximate surface area is 120 Å². The SMILES string of the molecule is COc1ccc(CNCc2ccc(OC)c(C)c2)cc1. The Morgan fingerprint density at radius 2 is 1.50 bits per heavy atom. The fraction of sp³-hybridized carbons (Fsp3) is 0.294. The molecule has 2 aromatic carbocycles. The number of ether oxygens (including phenoxy) is 2. The van der Waals surface area contributed by atoms with Crippen molar-refractivity contribution in [2.24, 2.45) is 0 Å². The van der Waals surface area contributed by atoms with Crippen LogP contribution in [0.25, 0.3) is 0 Å². The van der Waals surface area contributed by atoms with Gasteiger partial charge in [0.15, 0.2) is 0 Å². The summed E-state index contributed by atoms with van der Waals surface area (Å²) in [5.74, 6) is 1.82. The fourth-order valence-corrected chi connectivity index (χ4v) is 2.15. The van der Waals surface area contributed by atoms with E-state index in [1.54, 1.807) is 14.2 Å². The number of aryl methyl sites for hydroxylation is 1. The molecule has 0 saturated heterocycles. The summed E-state index contributed by atoms with van der Waals surface area (Å²) in [5, 5.41) is 3.44. The third kappa shape index (κ3) is 3.75. The molecule has 0 saturated carbocycles. The van der Waals surface area contributed by atoms with Crippen LogP contribution in [0.1, 0.15) is 16.7 Å². The molecule has 0 heterocycles. The largest absolute Gasteiger partial charge is 0.497 e. The second-order valence-electron chi connectivity index (χ2n) is 4.76. The zero-order valence-corrected chi connectivity index (χ0v) is 12.3. The zero-order chi connectivity index (χ0) is 14.4. The Hall–Kier alpha value is -2.00. The van der Waals surface area contributed by atoms with Gasteiger partial charge in [-0.1, -0.05) is 24.3 Å². The van der Waals surface area contributed by atoms with Crippen molar-refractivity contribution >= 4 is 0 Å². The smallest absolute Gasteiger partial charge is 0.121 e. The van der Waals surface area contributed by atoms with Gasteiger partial charge < -0.3 is 14.8 Å². The maximum Gasteiger partial charge on any atom is 0.121 e. The summed E-state index contributed by atoms with van der Waals surface area (Å²) in [7, 11) is 3.38. The van der Waals surface area contributed by atoms with Crippen LogP contribution in [-0.4, -0.2) is 14.2 Å². The van der Waals surface area contributed by atoms with Crippen molar-refractivity contribution in [1.29, 1.82) is 0 Å². The Morgan fingerprint density at radius 1 is 0.850 bits per heavy atom. The fourth-order valence-electron chi connectivity index (χ4n) is 2.15. The van der Waals surface area contributed by atoms with Crippen molar-refractivity contribution in [2.75, 3.05) is 14.2 Å². The van der Waals surface area contributed by atoms with E-state index in [0.29, 0.717) is 0 Å². The molecule has 0 radical (unpaired) electrons. The standard InChI is InChI=1S/C17H21NO2/c1-13-10-15(6-9-17(13)20-3)12-18-11-14-4-7-16(19-2)8-5-14/h4-10,18H,11-12H2,1-3H3. The van der Waals surface area contributed by atoms with Crippen LogP contribution >= 0.6 is 0 Å². The molecule has 0 amide bonds. The van der Waals surface area contributed by atoms with Gasteiger partial charge in [0.1, 0.15) is 11.5 Å². The summed E-state index contributed by atoms with van der Waals surface area (Å²) >= 11 is 0. The van der Waals surface area contributed by atoms with Gasteiger partial charge in [-0.25, -0.2) is 0 Å². The number of benzene rings is 2. The molecule has 106 valence electrons. The first-order chi connectivity index (χ1) is 9.72. The highest BCUT2D eigenvalue weighted by Gasteiger charge is 2.00. The van der Waals surface area contributed by atoms with Crippen LogP contribution in [-0.2, 0) is 13.1 Å². The van der Waals surface area contributed by atoms with Crippen molar-refractivity contribution in [3.63, 3.8) is 0 Å². The van der Waals surface area contributed by atoms with Crippen LogP contribution in [0, 0.1) is 6.92 Å². The quantitative estimate of drug-likeness (QED) is 0.874. The lowest BCUT2D eigenvalue weighted by molar-refractivity contribution is 0.411. The van der Waals surface area contributed by atoms with E-state index in [1.807, 2.05) is 18.2 Å². The van der Waals surface area contributed by atoms with Crippen molar-refractivity contribution in [2.45, 2.75) is 20.0 Å². The molecule has 0 aliphatic carbocycles. The second kappa shape index (κ2) is 6.96. The van der Waals surface area contributed by atoms with Crippen molar-refractivity contribution in [3.8, 4) is 11.5 Å². The summed E-state index contributed by atoms with van der Waals surface area (Å²) in [6, 6.07) is 14.4. The maximum absolute atomic E-state index is 5.26. The summed E-state index contributed by atoms with van der Waals surface area (Å²) in [6.45, 7) is 3.75. The molecule has 0 aromatic heterocycles. The first-order valence-electron chi connectivity index (χ1n) is 6.70. The van der Waals surface area contributed by atoms with Crippen LogP contribution in [0.15, 0.2) is 42.5 Å². The van der Waals surface area contributed by atoms with E-state index >= 15 is 0 Å². The lowest BCUT2D eigenvalue weighted by Gasteiger charge is -2.09. The highest BCUT2D eigenvalue weighted by atomic mass is 16.5. The minimum absolute atomic E-state index is 0.842. The average molecular weight is 271 g/mol. The van der Waals surface area contributed by atoms with Crippen molar-refractivity contribution in [3.05, 3.63) is 59.2 Å². The number of rotatable bonds is 6. The van der Waals surface area contributed by atoms with Crippen molar-refractivity contribution < 1.29 is 9.47 Å². The van der Waals surface area contributed by atoms with E-state index in [4.69, 9.17) is 9.47 Å². The summed E-state index contributed by atoms with van der Waals surface area (Å²) < 4.78 is 10.4. The van der Waals surface area contributed by atoms with Crippen LogP contribution < -0.4 is 14.8 Å². The summed E-state index contributed by atoms with van der Waals surface area (Å²) in [4.78, 5) is 0. The van der Waals surface area contributed by atoms with E-state index in [-0.39, 0.29) is 0 Å². The summed E-state index contributed by atoms with van der Waals surface area (Å²) in [6.07, 6.45) is 0. The van der Waals surface area contributed by atoms with E-state index in [9.17, 15) is 0 Å². The lowest BCUT2D eigenvalue weighted by atomic mass is 10.1.